The summed E-state index contributed by atoms with van der Waals surface area (Å²) in [7, 11) is 1.37. The molecular weight excluding hydrogens is 414 g/mol. The zero-order valence-electron chi connectivity index (χ0n) is 14.6. The van der Waals surface area contributed by atoms with Crippen molar-refractivity contribution in [2.45, 2.75) is 12.7 Å². The molecule has 0 aliphatic heterocycles. The molecule has 0 amide bonds. The van der Waals surface area contributed by atoms with Crippen LogP contribution in [0.4, 0.5) is 26.3 Å². The number of hydrogen-bond acceptors (Lipinski definition) is 6. The monoisotopic (exact) mass is 428 g/mol. The van der Waals surface area contributed by atoms with E-state index in [9.17, 15) is 31.1 Å². The van der Waals surface area contributed by atoms with Gasteiger partial charge in [-0.2, -0.15) is 0 Å². The third-order valence-electron chi connectivity index (χ3n) is 2.79. The van der Waals surface area contributed by atoms with Gasteiger partial charge in [0.2, 0.25) is 0 Å². The fourth-order valence-electron chi connectivity index (χ4n) is 1.74. The quantitative estimate of drug-likeness (QED) is 0.410. The summed E-state index contributed by atoms with van der Waals surface area (Å²) in [6.07, 6.45) is -9.38. The van der Waals surface area contributed by atoms with Crippen molar-refractivity contribution in [3.05, 3.63) is 48.0 Å². The Labute approximate surface area is 160 Å². The fraction of sp³-hybridized carbons (Fsp3) is 0.235. The second-order valence-electron chi connectivity index (χ2n) is 4.91. The Morgan fingerprint density at radius 2 is 1.38 bits per heavy atom. The van der Waals surface area contributed by atoms with Crippen LogP contribution in [0.5, 0.6) is 23.0 Å². The topological polar surface area (TPSA) is 74.2 Å². The summed E-state index contributed by atoms with van der Waals surface area (Å²) < 4.78 is 87.7. The van der Waals surface area contributed by atoms with Crippen LogP contribution in [0.3, 0.4) is 0 Å². The van der Waals surface area contributed by atoms with Gasteiger partial charge in [-0.05, 0) is 24.3 Å². The van der Waals surface area contributed by atoms with Gasteiger partial charge < -0.3 is 24.1 Å². The molecule has 0 aliphatic rings. The maximum atomic E-state index is 11.9. The molecule has 0 unspecified atom stereocenters. The van der Waals surface area contributed by atoms with E-state index in [2.05, 4.69) is 14.2 Å². The summed E-state index contributed by atoms with van der Waals surface area (Å²) >= 11 is 0. The third-order valence-corrected chi connectivity index (χ3v) is 2.79. The molecule has 0 saturated heterocycles. The summed E-state index contributed by atoms with van der Waals surface area (Å²) in [4.78, 5) is 10.2. The number of methoxy groups -OCH3 is 1. The van der Waals surface area contributed by atoms with Crippen molar-refractivity contribution in [2.24, 2.45) is 0 Å². The molecule has 0 atom stereocenters. The lowest BCUT2D eigenvalue weighted by molar-refractivity contribution is -0.276. The number of para-hydroxylation sites is 3. The van der Waals surface area contributed by atoms with Gasteiger partial charge in [0.25, 0.3) is 0 Å². The number of benzene rings is 2. The van der Waals surface area contributed by atoms with Gasteiger partial charge in [-0.3, -0.25) is 4.79 Å². The van der Waals surface area contributed by atoms with E-state index in [1.807, 2.05) is 0 Å². The van der Waals surface area contributed by atoms with Gasteiger partial charge in [0.05, 0.1) is 5.56 Å². The second-order valence-corrected chi connectivity index (χ2v) is 4.91. The Morgan fingerprint density at radius 3 is 1.90 bits per heavy atom. The number of aromatic hydroxyl groups is 1. The molecule has 160 valence electrons. The summed E-state index contributed by atoms with van der Waals surface area (Å²) in [5.74, 6) is -2.01. The lowest BCUT2D eigenvalue weighted by Crippen LogP contribution is -2.17. The molecule has 2 aromatic carbocycles. The third kappa shape index (κ3) is 9.06. The average molecular weight is 428 g/mol. The number of aldehydes is 1. The number of phenols is 1. The standard InChI is InChI=1S/C9H9F3O3.C8H5F3O3/c1-13-6-14-7-4-2-3-5-8(7)15-9(10,11)12;9-8(10,11)14-6-3-1-2-5(4-12)7(6)13/h2-5H,6H2,1H3;1-4,13H. The highest BCUT2D eigenvalue weighted by atomic mass is 19.4. The van der Waals surface area contributed by atoms with Gasteiger partial charge in [-0.25, -0.2) is 0 Å². The van der Waals surface area contributed by atoms with Crippen LogP contribution < -0.4 is 14.2 Å². The average Bonchev–Trinajstić information content (AvgIpc) is 2.61. The van der Waals surface area contributed by atoms with Crippen LogP contribution in [0, 0.1) is 0 Å². The van der Waals surface area contributed by atoms with Gasteiger partial charge in [-0.1, -0.05) is 18.2 Å². The highest BCUT2D eigenvalue weighted by Crippen LogP contribution is 2.33. The molecule has 0 spiro atoms. The van der Waals surface area contributed by atoms with Crippen molar-refractivity contribution in [1.29, 1.82) is 0 Å². The van der Waals surface area contributed by atoms with Crippen LogP contribution in [0.25, 0.3) is 0 Å². The molecule has 2 rings (SSSR count). The van der Waals surface area contributed by atoms with Crippen LogP contribution >= 0.6 is 0 Å². The van der Waals surface area contributed by atoms with E-state index in [1.54, 1.807) is 0 Å². The number of hydrogen-bond donors (Lipinski definition) is 1. The number of halogens is 6. The van der Waals surface area contributed by atoms with Crippen LogP contribution in [0.15, 0.2) is 42.5 Å². The first-order valence-electron chi connectivity index (χ1n) is 7.46. The molecule has 29 heavy (non-hydrogen) atoms. The van der Waals surface area contributed by atoms with Gasteiger partial charge in [0.15, 0.2) is 36.1 Å². The van der Waals surface area contributed by atoms with E-state index < -0.39 is 24.2 Å². The minimum atomic E-state index is -4.89. The van der Waals surface area contributed by atoms with Crippen LogP contribution in [-0.2, 0) is 4.74 Å². The Morgan fingerprint density at radius 1 is 0.862 bits per heavy atom. The van der Waals surface area contributed by atoms with Crippen molar-refractivity contribution >= 4 is 6.29 Å². The van der Waals surface area contributed by atoms with E-state index in [0.29, 0.717) is 0 Å². The summed E-state index contributed by atoms with van der Waals surface area (Å²) in [6, 6.07) is 8.74. The minimum absolute atomic E-state index is 0.0170. The molecule has 2 aromatic rings. The number of rotatable bonds is 6. The van der Waals surface area contributed by atoms with Crippen LogP contribution in [0.2, 0.25) is 0 Å². The molecular formula is C17H14F6O6. The van der Waals surface area contributed by atoms with Crippen LogP contribution in [-0.4, -0.2) is 38.0 Å². The maximum absolute atomic E-state index is 11.9. The van der Waals surface area contributed by atoms with Gasteiger partial charge >= 0.3 is 12.7 Å². The molecule has 12 heteroatoms. The molecule has 0 radical (unpaired) electrons. The van der Waals surface area contributed by atoms with E-state index in [0.717, 1.165) is 6.07 Å². The van der Waals surface area contributed by atoms with Gasteiger partial charge in [-0.15, -0.1) is 26.3 Å². The molecule has 0 bridgehead atoms. The summed E-state index contributed by atoms with van der Waals surface area (Å²) in [6.45, 7) is -0.141. The van der Waals surface area contributed by atoms with E-state index >= 15 is 0 Å². The molecule has 0 fully saturated rings. The SMILES string of the molecule is COCOc1ccccc1OC(F)(F)F.O=Cc1cccc(OC(F)(F)F)c1O. The molecule has 0 heterocycles. The predicted octanol–water partition coefficient (Wildman–Crippen LogP) is 4.67. The van der Waals surface area contributed by atoms with Gasteiger partial charge in [0, 0.05) is 7.11 Å². The lowest BCUT2D eigenvalue weighted by atomic mass is 10.2. The molecule has 6 nitrogen and oxygen atoms in total. The van der Waals surface area contributed by atoms with Crippen molar-refractivity contribution in [1.82, 2.24) is 0 Å². The minimum Gasteiger partial charge on any atom is -0.504 e. The highest BCUT2D eigenvalue weighted by Gasteiger charge is 2.33. The first-order chi connectivity index (χ1) is 13.5. The largest absolute Gasteiger partial charge is 0.573 e. The van der Waals surface area contributed by atoms with Crippen LogP contribution in [0.1, 0.15) is 10.4 Å². The smallest absolute Gasteiger partial charge is 0.504 e. The van der Waals surface area contributed by atoms with Crippen molar-refractivity contribution in [2.75, 3.05) is 13.9 Å². The first-order valence-corrected chi connectivity index (χ1v) is 7.46. The predicted molar refractivity (Wildman–Crippen MR) is 85.8 cm³/mol. The van der Waals surface area contributed by atoms with E-state index in [-0.39, 0.29) is 30.1 Å². The molecule has 1 N–H and O–H groups in total. The number of phenolic OH excluding ortho intramolecular Hbond substituents is 1. The number of ether oxygens (including phenoxy) is 4. The fourth-order valence-corrected chi connectivity index (χ4v) is 1.74. The maximum Gasteiger partial charge on any atom is 0.573 e. The van der Waals surface area contributed by atoms with Crippen molar-refractivity contribution in [3.63, 3.8) is 0 Å². The van der Waals surface area contributed by atoms with Gasteiger partial charge in [0.1, 0.15) is 0 Å². The molecule has 0 aromatic heterocycles. The summed E-state index contributed by atoms with van der Waals surface area (Å²) in [5, 5.41) is 9.10. The Kier molecular flexibility index (Phi) is 8.57. The van der Waals surface area contributed by atoms with Crippen molar-refractivity contribution in [3.8, 4) is 23.0 Å². The van der Waals surface area contributed by atoms with Crippen molar-refractivity contribution < 1.29 is 55.2 Å². The Balaban J connectivity index is 0.000000291. The lowest BCUT2D eigenvalue weighted by Gasteiger charge is -2.13. The zero-order valence-corrected chi connectivity index (χ0v) is 14.6. The molecule has 0 saturated carbocycles. The summed E-state index contributed by atoms with van der Waals surface area (Å²) in [5.41, 5.74) is -0.258. The normalized spacial score (nSPS) is 11.1. The number of carbonyl (C=O) groups excluding carboxylic acids is 1. The number of carbonyl (C=O) groups is 1. The Bertz CT molecular complexity index is 791. The van der Waals surface area contributed by atoms with E-state index in [4.69, 9.17) is 9.84 Å². The van der Waals surface area contributed by atoms with E-state index in [1.165, 1.54) is 43.5 Å². The molecule has 0 aliphatic carbocycles. The zero-order chi connectivity index (χ0) is 22.1. The Hall–Kier alpha value is -3.15. The second kappa shape index (κ2) is 10.4. The first kappa shape index (κ1) is 23.9. The number of alkyl halides is 6. The highest BCUT2D eigenvalue weighted by molar-refractivity contribution is 5.80.